The van der Waals surface area contributed by atoms with Crippen LogP contribution in [0.3, 0.4) is 0 Å². The summed E-state index contributed by atoms with van der Waals surface area (Å²) >= 11 is 0. The normalized spacial score (nSPS) is 20.7. The molecule has 0 radical (unpaired) electrons. The maximum Gasteiger partial charge on any atom is 0.426 e. The SMILES string of the molecule is C=C(C)C(O)OC(CC(O)(C(F)(F)F)C(F)(F)F)C1CCCCC1. The van der Waals surface area contributed by atoms with Crippen LogP contribution in [0, 0.1) is 5.92 Å². The van der Waals surface area contributed by atoms with Gasteiger partial charge in [0, 0.05) is 6.42 Å². The van der Waals surface area contributed by atoms with Crippen molar-refractivity contribution in [3.05, 3.63) is 12.2 Å². The Bertz CT molecular complexity index is 412. The molecule has 3 nitrogen and oxygen atoms in total. The Labute approximate surface area is 136 Å². The molecule has 2 atom stereocenters. The maximum absolute atomic E-state index is 12.9. The Balaban J connectivity index is 3.10. The molecule has 142 valence electrons. The van der Waals surface area contributed by atoms with Crippen molar-refractivity contribution in [2.24, 2.45) is 5.92 Å². The fraction of sp³-hybridized carbons (Fsp3) is 0.867. The Morgan fingerprint density at radius 2 is 1.54 bits per heavy atom. The quantitative estimate of drug-likeness (QED) is 0.424. The van der Waals surface area contributed by atoms with Crippen molar-refractivity contribution in [3.63, 3.8) is 0 Å². The van der Waals surface area contributed by atoms with E-state index in [4.69, 9.17) is 4.74 Å². The summed E-state index contributed by atoms with van der Waals surface area (Å²) in [5.41, 5.74) is -4.84. The highest BCUT2D eigenvalue weighted by Gasteiger charge is 2.71. The molecule has 1 aliphatic rings. The molecule has 0 saturated heterocycles. The minimum absolute atomic E-state index is 0.0540. The minimum Gasteiger partial charge on any atom is -0.374 e. The van der Waals surface area contributed by atoms with Crippen molar-refractivity contribution >= 4 is 0 Å². The number of hydrogen-bond donors (Lipinski definition) is 2. The molecular formula is C15H22F6O3. The van der Waals surface area contributed by atoms with E-state index in [9.17, 15) is 36.6 Å². The molecule has 1 aliphatic carbocycles. The van der Waals surface area contributed by atoms with Gasteiger partial charge in [-0.1, -0.05) is 25.8 Å². The molecule has 1 saturated carbocycles. The van der Waals surface area contributed by atoms with Crippen LogP contribution in [-0.2, 0) is 4.74 Å². The van der Waals surface area contributed by atoms with E-state index in [0.29, 0.717) is 25.7 Å². The monoisotopic (exact) mass is 364 g/mol. The average Bonchev–Trinajstić information content (AvgIpc) is 2.44. The van der Waals surface area contributed by atoms with E-state index in [2.05, 4.69) is 6.58 Å². The van der Waals surface area contributed by atoms with Crippen LogP contribution in [0.15, 0.2) is 12.2 Å². The van der Waals surface area contributed by atoms with Gasteiger partial charge < -0.3 is 14.9 Å². The molecule has 2 N–H and O–H groups in total. The summed E-state index contributed by atoms with van der Waals surface area (Å²) in [6, 6.07) is 0. The van der Waals surface area contributed by atoms with Crippen LogP contribution in [0.25, 0.3) is 0 Å². The molecule has 0 aliphatic heterocycles. The van der Waals surface area contributed by atoms with Gasteiger partial charge in [-0.05, 0) is 31.3 Å². The van der Waals surface area contributed by atoms with Crippen LogP contribution in [-0.4, -0.2) is 40.6 Å². The number of aliphatic hydroxyl groups excluding tert-OH is 1. The molecule has 1 fully saturated rings. The smallest absolute Gasteiger partial charge is 0.374 e. The maximum atomic E-state index is 12.9. The molecule has 0 aromatic rings. The van der Waals surface area contributed by atoms with E-state index < -0.39 is 42.7 Å². The molecule has 1 rings (SSSR count). The molecule has 24 heavy (non-hydrogen) atoms. The van der Waals surface area contributed by atoms with Crippen LogP contribution >= 0.6 is 0 Å². The predicted molar refractivity (Wildman–Crippen MR) is 73.9 cm³/mol. The number of ether oxygens (including phenoxy) is 1. The number of hydrogen-bond acceptors (Lipinski definition) is 3. The van der Waals surface area contributed by atoms with Gasteiger partial charge in [0.1, 0.15) is 0 Å². The number of alkyl halides is 6. The lowest BCUT2D eigenvalue weighted by Gasteiger charge is -2.39. The first-order chi connectivity index (χ1) is 10.8. The second kappa shape index (κ2) is 7.61. The van der Waals surface area contributed by atoms with E-state index in [0.717, 1.165) is 6.42 Å². The van der Waals surface area contributed by atoms with Gasteiger partial charge in [0.2, 0.25) is 0 Å². The fourth-order valence-corrected chi connectivity index (χ4v) is 2.80. The van der Waals surface area contributed by atoms with Crippen LogP contribution in [0.2, 0.25) is 0 Å². The van der Waals surface area contributed by atoms with Crippen molar-refractivity contribution in [1.82, 2.24) is 0 Å². The lowest BCUT2D eigenvalue weighted by atomic mass is 9.80. The van der Waals surface area contributed by atoms with Gasteiger partial charge in [-0.25, -0.2) is 0 Å². The predicted octanol–water partition coefficient (Wildman–Crippen LogP) is 4.09. The summed E-state index contributed by atoms with van der Waals surface area (Å²) in [5, 5.41) is 19.1. The van der Waals surface area contributed by atoms with Crippen molar-refractivity contribution in [2.75, 3.05) is 0 Å². The highest BCUT2D eigenvalue weighted by molar-refractivity contribution is 4.99. The first-order valence-electron chi connectivity index (χ1n) is 7.64. The second-order valence-corrected chi connectivity index (χ2v) is 6.33. The summed E-state index contributed by atoms with van der Waals surface area (Å²) in [5.74, 6) is -0.607. The molecule has 0 spiro atoms. The molecule has 0 aromatic heterocycles. The number of halogens is 6. The number of aliphatic hydroxyl groups is 2. The summed E-state index contributed by atoms with van der Waals surface area (Å²) < 4.78 is 82.5. The van der Waals surface area contributed by atoms with Gasteiger partial charge in [0.25, 0.3) is 5.60 Å². The standard InChI is InChI=1S/C15H22F6O3/c1-9(2)12(22)24-11(10-6-4-3-5-7-10)8-13(23,14(16,17)18)15(19,20)21/h10-12,22-23H,1,3-8H2,2H3. The summed E-state index contributed by atoms with van der Waals surface area (Å²) in [7, 11) is 0. The highest BCUT2D eigenvalue weighted by Crippen LogP contribution is 2.47. The van der Waals surface area contributed by atoms with Gasteiger partial charge >= 0.3 is 12.4 Å². The largest absolute Gasteiger partial charge is 0.426 e. The van der Waals surface area contributed by atoms with Crippen LogP contribution in [0.5, 0.6) is 0 Å². The third-order valence-corrected chi connectivity index (χ3v) is 4.34. The van der Waals surface area contributed by atoms with Gasteiger partial charge in [-0.15, -0.1) is 0 Å². The van der Waals surface area contributed by atoms with E-state index in [1.165, 1.54) is 6.92 Å². The van der Waals surface area contributed by atoms with Crippen molar-refractivity contribution in [3.8, 4) is 0 Å². The lowest BCUT2D eigenvalue weighted by molar-refractivity contribution is -0.377. The summed E-state index contributed by atoms with van der Waals surface area (Å²) in [6.45, 7) is 4.70. The molecule has 0 amide bonds. The summed E-state index contributed by atoms with van der Waals surface area (Å²) in [4.78, 5) is 0. The molecule has 0 aromatic carbocycles. The zero-order chi connectivity index (χ0) is 18.8. The second-order valence-electron chi connectivity index (χ2n) is 6.33. The molecular weight excluding hydrogens is 342 g/mol. The topological polar surface area (TPSA) is 49.7 Å². The lowest BCUT2D eigenvalue weighted by Crippen LogP contribution is -2.59. The van der Waals surface area contributed by atoms with E-state index in [-0.39, 0.29) is 5.57 Å². The summed E-state index contributed by atoms with van der Waals surface area (Å²) in [6.07, 6.45) is -13.9. The fourth-order valence-electron chi connectivity index (χ4n) is 2.80. The highest BCUT2D eigenvalue weighted by atomic mass is 19.4. The van der Waals surface area contributed by atoms with Crippen LogP contribution in [0.4, 0.5) is 26.3 Å². The van der Waals surface area contributed by atoms with E-state index >= 15 is 0 Å². The van der Waals surface area contributed by atoms with Crippen molar-refractivity contribution in [2.45, 2.75) is 75.8 Å². The third-order valence-electron chi connectivity index (χ3n) is 4.34. The average molecular weight is 364 g/mol. The molecule has 2 unspecified atom stereocenters. The first kappa shape index (κ1) is 21.2. The Morgan fingerprint density at radius 3 is 1.92 bits per heavy atom. The van der Waals surface area contributed by atoms with Gasteiger partial charge in [-0.2, -0.15) is 26.3 Å². The Hall–Kier alpha value is -0.800. The van der Waals surface area contributed by atoms with E-state index in [1.54, 1.807) is 0 Å². The first-order valence-corrected chi connectivity index (χ1v) is 7.64. The Morgan fingerprint density at radius 1 is 1.08 bits per heavy atom. The number of rotatable bonds is 6. The molecule has 0 bridgehead atoms. The van der Waals surface area contributed by atoms with Crippen molar-refractivity contribution in [1.29, 1.82) is 0 Å². The zero-order valence-electron chi connectivity index (χ0n) is 13.3. The minimum atomic E-state index is -5.91. The van der Waals surface area contributed by atoms with Gasteiger partial charge in [0.15, 0.2) is 6.29 Å². The zero-order valence-corrected chi connectivity index (χ0v) is 13.3. The molecule has 9 heteroatoms. The van der Waals surface area contributed by atoms with Gasteiger partial charge in [-0.3, -0.25) is 0 Å². The van der Waals surface area contributed by atoms with E-state index in [1.807, 2.05) is 0 Å². The van der Waals surface area contributed by atoms with Crippen molar-refractivity contribution < 1.29 is 41.3 Å². The van der Waals surface area contributed by atoms with Crippen LogP contribution in [0.1, 0.15) is 45.4 Å². The van der Waals surface area contributed by atoms with Gasteiger partial charge in [0.05, 0.1) is 6.10 Å². The van der Waals surface area contributed by atoms with Crippen LogP contribution < -0.4 is 0 Å². The third kappa shape index (κ3) is 4.86. The molecule has 0 heterocycles. The Kier molecular flexibility index (Phi) is 6.74.